The van der Waals surface area contributed by atoms with Gasteiger partial charge in [0, 0.05) is 26.6 Å². The van der Waals surface area contributed by atoms with E-state index >= 15 is 0 Å². The maximum atomic E-state index is 5.95. The first-order valence-corrected chi connectivity index (χ1v) is 7.51. The lowest BCUT2D eigenvalue weighted by Gasteiger charge is -2.06. The Morgan fingerprint density at radius 1 is 1.24 bits per heavy atom. The average molecular weight is 374 g/mol. The molecule has 1 aromatic carbocycles. The Balaban J connectivity index is 2.10. The summed E-state index contributed by atoms with van der Waals surface area (Å²) < 4.78 is 2.02. The van der Waals surface area contributed by atoms with E-state index in [1.807, 2.05) is 30.3 Å². The Morgan fingerprint density at radius 3 is 2.76 bits per heavy atom. The molecular formula is C12H10Br2N2S. The normalized spacial score (nSPS) is 10.5. The molecule has 0 atom stereocenters. The van der Waals surface area contributed by atoms with Crippen LogP contribution in [0.25, 0.3) is 0 Å². The third kappa shape index (κ3) is 3.47. The number of halogens is 2. The summed E-state index contributed by atoms with van der Waals surface area (Å²) in [4.78, 5) is 4.31. The molecule has 0 spiro atoms. The number of rotatable bonds is 3. The summed E-state index contributed by atoms with van der Waals surface area (Å²) in [6.07, 6.45) is 1.79. The maximum absolute atomic E-state index is 5.95. The van der Waals surface area contributed by atoms with E-state index in [1.54, 1.807) is 18.0 Å². The number of pyridine rings is 1. The quantitative estimate of drug-likeness (QED) is 0.636. The lowest BCUT2D eigenvalue weighted by Crippen LogP contribution is -1.92. The highest BCUT2D eigenvalue weighted by Gasteiger charge is 2.04. The molecule has 0 unspecified atom stereocenters. The number of aromatic nitrogens is 1. The standard InChI is InChI=1S/C12H10Br2N2S/c13-9-4-3-8(11(15)6-9)7-17-12-10(14)2-1-5-16-12/h1-6H,7,15H2. The summed E-state index contributed by atoms with van der Waals surface area (Å²) in [5.41, 5.74) is 7.87. The van der Waals surface area contributed by atoms with Gasteiger partial charge in [-0.1, -0.05) is 22.0 Å². The number of anilines is 1. The van der Waals surface area contributed by atoms with Crippen molar-refractivity contribution in [2.75, 3.05) is 5.73 Å². The van der Waals surface area contributed by atoms with Gasteiger partial charge in [0.25, 0.3) is 0 Å². The fourth-order valence-electron chi connectivity index (χ4n) is 1.32. The predicted octanol–water partition coefficient (Wildman–Crippen LogP) is 4.48. The minimum atomic E-state index is 0.805. The number of hydrogen-bond donors (Lipinski definition) is 1. The molecule has 5 heteroatoms. The second-order valence-electron chi connectivity index (χ2n) is 3.42. The van der Waals surface area contributed by atoms with Crippen LogP contribution in [0.15, 0.2) is 50.5 Å². The molecule has 0 fully saturated rings. The van der Waals surface area contributed by atoms with Crippen molar-refractivity contribution in [1.82, 2.24) is 4.98 Å². The van der Waals surface area contributed by atoms with Gasteiger partial charge in [-0.2, -0.15) is 0 Å². The average Bonchev–Trinajstić information content (AvgIpc) is 2.30. The fraction of sp³-hybridized carbons (Fsp3) is 0.0833. The van der Waals surface area contributed by atoms with E-state index in [0.29, 0.717) is 0 Å². The van der Waals surface area contributed by atoms with Crippen LogP contribution in [-0.2, 0) is 5.75 Å². The molecule has 2 rings (SSSR count). The molecule has 2 aromatic rings. The van der Waals surface area contributed by atoms with Crippen molar-refractivity contribution in [3.8, 4) is 0 Å². The highest BCUT2D eigenvalue weighted by Crippen LogP contribution is 2.30. The Morgan fingerprint density at radius 2 is 2.06 bits per heavy atom. The highest BCUT2D eigenvalue weighted by atomic mass is 79.9. The van der Waals surface area contributed by atoms with Crippen LogP contribution in [0.3, 0.4) is 0 Å². The van der Waals surface area contributed by atoms with Crippen molar-refractivity contribution in [2.45, 2.75) is 10.8 Å². The number of hydrogen-bond acceptors (Lipinski definition) is 3. The van der Waals surface area contributed by atoms with E-state index < -0.39 is 0 Å². The van der Waals surface area contributed by atoms with Gasteiger partial charge in [0.05, 0.1) is 0 Å². The molecular weight excluding hydrogens is 364 g/mol. The fourth-order valence-corrected chi connectivity index (χ4v) is 3.19. The van der Waals surface area contributed by atoms with Gasteiger partial charge in [0.2, 0.25) is 0 Å². The SMILES string of the molecule is Nc1cc(Br)ccc1CSc1ncccc1Br. The van der Waals surface area contributed by atoms with E-state index in [-0.39, 0.29) is 0 Å². The van der Waals surface area contributed by atoms with Gasteiger partial charge in [0.15, 0.2) is 0 Å². The Kier molecular flexibility index (Phi) is 4.48. The van der Waals surface area contributed by atoms with Crippen LogP contribution < -0.4 is 5.73 Å². The first-order valence-electron chi connectivity index (χ1n) is 4.94. The number of nitrogen functional groups attached to an aromatic ring is 1. The second kappa shape index (κ2) is 5.89. The van der Waals surface area contributed by atoms with Gasteiger partial charge in [-0.3, -0.25) is 0 Å². The molecule has 0 bridgehead atoms. The summed E-state index contributed by atoms with van der Waals surface area (Å²) in [6.45, 7) is 0. The van der Waals surface area contributed by atoms with Crippen LogP contribution in [-0.4, -0.2) is 4.98 Å². The van der Waals surface area contributed by atoms with E-state index in [1.165, 1.54) is 0 Å². The number of nitrogens with zero attached hydrogens (tertiary/aromatic N) is 1. The zero-order valence-corrected chi connectivity index (χ0v) is 12.8. The van der Waals surface area contributed by atoms with Crippen LogP contribution in [0.4, 0.5) is 5.69 Å². The first kappa shape index (κ1) is 12.9. The minimum Gasteiger partial charge on any atom is -0.398 e. The number of nitrogens with two attached hydrogens (primary N) is 1. The van der Waals surface area contributed by atoms with Crippen LogP contribution >= 0.6 is 43.6 Å². The van der Waals surface area contributed by atoms with Crippen LogP contribution in [0.2, 0.25) is 0 Å². The third-order valence-electron chi connectivity index (χ3n) is 2.20. The predicted molar refractivity (Wildman–Crippen MR) is 80.1 cm³/mol. The summed E-state index contributed by atoms with van der Waals surface area (Å²) in [7, 11) is 0. The van der Waals surface area contributed by atoms with Crippen molar-refractivity contribution in [3.05, 3.63) is 51.0 Å². The number of thioether (sulfide) groups is 1. The lowest BCUT2D eigenvalue weighted by atomic mass is 10.2. The third-order valence-corrected chi connectivity index (χ3v) is 4.65. The van der Waals surface area contributed by atoms with Gasteiger partial charge >= 0.3 is 0 Å². The molecule has 0 saturated carbocycles. The molecule has 0 aliphatic heterocycles. The molecule has 1 aromatic heterocycles. The zero-order valence-electron chi connectivity index (χ0n) is 8.86. The summed E-state index contributed by atoms with van der Waals surface area (Å²) in [5, 5.41) is 0.981. The Bertz CT molecular complexity index is 532. The summed E-state index contributed by atoms with van der Waals surface area (Å²) in [5.74, 6) is 0.814. The van der Waals surface area contributed by atoms with Crippen molar-refractivity contribution in [1.29, 1.82) is 0 Å². The van der Waals surface area contributed by atoms with Crippen LogP contribution in [0.1, 0.15) is 5.56 Å². The molecule has 0 radical (unpaired) electrons. The van der Waals surface area contributed by atoms with E-state index in [0.717, 1.165) is 31.0 Å². The molecule has 0 aliphatic rings. The highest BCUT2D eigenvalue weighted by molar-refractivity contribution is 9.10. The Hall–Kier alpha value is -0.520. The second-order valence-corrected chi connectivity index (χ2v) is 6.16. The molecule has 2 nitrogen and oxygen atoms in total. The molecule has 88 valence electrons. The van der Waals surface area contributed by atoms with Gasteiger partial charge in [-0.25, -0.2) is 4.98 Å². The summed E-state index contributed by atoms with van der Waals surface area (Å²) >= 11 is 8.54. The van der Waals surface area contributed by atoms with Crippen molar-refractivity contribution < 1.29 is 0 Å². The summed E-state index contributed by atoms with van der Waals surface area (Å²) in [6, 6.07) is 9.84. The van der Waals surface area contributed by atoms with Gasteiger partial charge in [-0.15, -0.1) is 11.8 Å². The lowest BCUT2D eigenvalue weighted by molar-refractivity contribution is 1.11. The van der Waals surface area contributed by atoms with E-state index in [4.69, 9.17) is 5.73 Å². The van der Waals surface area contributed by atoms with Crippen molar-refractivity contribution >= 4 is 49.3 Å². The van der Waals surface area contributed by atoms with Crippen LogP contribution in [0.5, 0.6) is 0 Å². The molecule has 1 heterocycles. The Labute approximate surface area is 121 Å². The molecule has 17 heavy (non-hydrogen) atoms. The molecule has 2 N–H and O–H groups in total. The minimum absolute atomic E-state index is 0.805. The smallest absolute Gasteiger partial charge is 0.110 e. The zero-order chi connectivity index (χ0) is 12.3. The van der Waals surface area contributed by atoms with Gasteiger partial charge in [0.1, 0.15) is 5.03 Å². The van der Waals surface area contributed by atoms with Crippen molar-refractivity contribution in [3.63, 3.8) is 0 Å². The monoisotopic (exact) mass is 372 g/mol. The largest absolute Gasteiger partial charge is 0.398 e. The first-order chi connectivity index (χ1) is 8.16. The molecule has 0 saturated heterocycles. The van der Waals surface area contributed by atoms with Gasteiger partial charge < -0.3 is 5.73 Å². The number of benzene rings is 1. The van der Waals surface area contributed by atoms with E-state index in [2.05, 4.69) is 36.8 Å². The van der Waals surface area contributed by atoms with Crippen LogP contribution in [0, 0.1) is 0 Å². The topological polar surface area (TPSA) is 38.9 Å². The maximum Gasteiger partial charge on any atom is 0.110 e. The van der Waals surface area contributed by atoms with Crippen molar-refractivity contribution in [2.24, 2.45) is 0 Å². The molecule has 0 amide bonds. The van der Waals surface area contributed by atoms with E-state index in [9.17, 15) is 0 Å². The van der Waals surface area contributed by atoms with Gasteiger partial charge in [-0.05, 0) is 45.8 Å². The molecule has 0 aliphatic carbocycles.